The Kier molecular flexibility index (Phi) is 5.98. The van der Waals surface area contributed by atoms with Crippen LogP contribution in [0.2, 0.25) is 0 Å². The van der Waals surface area contributed by atoms with Gasteiger partial charge in [0, 0.05) is 17.4 Å². The van der Waals surface area contributed by atoms with E-state index in [1.165, 1.54) is 61.0 Å². The molecule has 0 bridgehead atoms. The second-order valence-electron chi connectivity index (χ2n) is 10.4. The van der Waals surface area contributed by atoms with E-state index in [0.717, 1.165) is 30.6 Å². The second kappa shape index (κ2) is 9.93. The first-order valence-corrected chi connectivity index (χ1v) is 13.9. The average Bonchev–Trinajstić information content (AvgIpc) is 3.39. The fourth-order valence-electron chi connectivity index (χ4n) is 5.63. The summed E-state index contributed by atoms with van der Waals surface area (Å²) in [4.78, 5) is 0. The molecule has 188 valence electrons. The van der Waals surface area contributed by atoms with E-state index in [4.69, 9.17) is 4.42 Å². The van der Waals surface area contributed by atoms with Gasteiger partial charge in [-0.15, -0.1) is 0 Å². The summed E-state index contributed by atoms with van der Waals surface area (Å²) in [6, 6.07) is 42.0. The van der Waals surface area contributed by atoms with Crippen molar-refractivity contribution in [1.82, 2.24) is 0 Å². The zero-order valence-electron chi connectivity index (χ0n) is 22.2. The molecule has 1 heterocycles. The zero-order valence-corrected chi connectivity index (χ0v) is 22.2. The van der Waals surface area contributed by atoms with Crippen molar-refractivity contribution < 1.29 is 4.42 Å². The van der Waals surface area contributed by atoms with Gasteiger partial charge in [-0.3, -0.25) is 0 Å². The predicted octanol–water partition coefficient (Wildman–Crippen LogP) is 10.6. The Labute approximate surface area is 230 Å². The summed E-state index contributed by atoms with van der Waals surface area (Å²) in [6.07, 6.45) is 7.57. The Morgan fingerprint density at radius 1 is 0.538 bits per heavy atom. The van der Waals surface area contributed by atoms with Gasteiger partial charge in [0.05, 0.1) is 0 Å². The minimum Gasteiger partial charge on any atom is -0.460 e. The lowest BCUT2D eigenvalue weighted by atomic mass is 9.96. The molecule has 1 aliphatic carbocycles. The number of furan rings is 1. The Hall–Kier alpha value is -4.62. The molecule has 1 heteroatoms. The Morgan fingerprint density at radius 2 is 0.974 bits per heavy atom. The molecular weight excluding hydrogens is 472 g/mol. The SMILES string of the molecule is CCc1ccc(-c2ccc(-c3ccc(-c4ccc(-c5ccc6oc7c(c6c5)C=CCC7)cc4)cc3)cc2)cc1. The van der Waals surface area contributed by atoms with Gasteiger partial charge in [-0.25, -0.2) is 0 Å². The molecule has 0 saturated carbocycles. The highest BCUT2D eigenvalue weighted by Gasteiger charge is 2.15. The van der Waals surface area contributed by atoms with Crippen molar-refractivity contribution in [2.75, 3.05) is 0 Å². The van der Waals surface area contributed by atoms with Crippen molar-refractivity contribution in [2.45, 2.75) is 26.2 Å². The highest BCUT2D eigenvalue weighted by Crippen LogP contribution is 2.35. The largest absolute Gasteiger partial charge is 0.460 e. The minimum atomic E-state index is 0.979. The van der Waals surface area contributed by atoms with Gasteiger partial charge in [0.2, 0.25) is 0 Å². The molecule has 0 fully saturated rings. The molecule has 1 aromatic heterocycles. The molecule has 0 radical (unpaired) electrons. The van der Waals surface area contributed by atoms with Crippen LogP contribution in [0, 0.1) is 0 Å². The van der Waals surface area contributed by atoms with Crippen molar-refractivity contribution in [3.05, 3.63) is 138 Å². The monoisotopic (exact) mass is 502 g/mol. The molecule has 6 aromatic rings. The lowest BCUT2D eigenvalue weighted by molar-refractivity contribution is 0.546. The third-order valence-corrected chi connectivity index (χ3v) is 7.98. The molecule has 39 heavy (non-hydrogen) atoms. The molecule has 0 spiro atoms. The lowest BCUT2D eigenvalue weighted by Crippen LogP contribution is -1.88. The number of hydrogen-bond acceptors (Lipinski definition) is 1. The van der Waals surface area contributed by atoms with Crippen molar-refractivity contribution in [3.63, 3.8) is 0 Å². The first-order valence-electron chi connectivity index (χ1n) is 13.9. The number of allylic oxidation sites excluding steroid dienone is 1. The smallest absolute Gasteiger partial charge is 0.134 e. The first kappa shape index (κ1) is 23.5. The standard InChI is InChI=1S/C38H30O/c1-2-26-7-9-27(10-8-26)28-11-13-29(14-12-28)30-15-17-31(18-16-30)32-19-21-33(22-20-32)34-23-24-38-36(25-34)35-5-3-4-6-37(35)39-38/h3,5,7-25H,2,4,6H2,1H3. The fraction of sp³-hybridized carbons (Fsp3) is 0.105. The summed E-state index contributed by atoms with van der Waals surface area (Å²) in [5.74, 6) is 1.11. The molecule has 1 aliphatic rings. The summed E-state index contributed by atoms with van der Waals surface area (Å²) in [5, 5.41) is 1.21. The number of benzene rings is 5. The van der Waals surface area contributed by atoms with Gasteiger partial charge in [0.25, 0.3) is 0 Å². The van der Waals surface area contributed by atoms with Gasteiger partial charge < -0.3 is 4.42 Å². The second-order valence-corrected chi connectivity index (χ2v) is 10.4. The molecule has 0 unspecified atom stereocenters. The maximum Gasteiger partial charge on any atom is 0.134 e. The van der Waals surface area contributed by atoms with E-state index < -0.39 is 0 Å². The third kappa shape index (κ3) is 4.51. The summed E-state index contributed by atoms with van der Waals surface area (Å²) < 4.78 is 6.08. The van der Waals surface area contributed by atoms with E-state index in [1.54, 1.807) is 0 Å². The van der Waals surface area contributed by atoms with Crippen LogP contribution in [-0.4, -0.2) is 0 Å². The van der Waals surface area contributed by atoms with E-state index in [1.807, 2.05) is 0 Å². The van der Waals surface area contributed by atoms with Crippen molar-refractivity contribution >= 4 is 17.0 Å². The quantitative estimate of drug-likeness (QED) is 0.228. The molecule has 0 aliphatic heterocycles. The van der Waals surface area contributed by atoms with Crippen LogP contribution in [0.15, 0.2) is 126 Å². The van der Waals surface area contributed by atoms with Crippen LogP contribution in [0.3, 0.4) is 0 Å². The number of rotatable bonds is 5. The van der Waals surface area contributed by atoms with Crippen molar-refractivity contribution in [1.29, 1.82) is 0 Å². The molecule has 1 nitrogen and oxygen atoms in total. The summed E-state index contributed by atoms with van der Waals surface area (Å²) in [6.45, 7) is 2.19. The Bertz CT molecular complexity index is 1780. The molecule has 0 amide bonds. The molecular formula is C38H30O. The van der Waals surface area contributed by atoms with E-state index in [2.05, 4.69) is 134 Å². The van der Waals surface area contributed by atoms with Crippen LogP contribution in [0.25, 0.3) is 61.6 Å². The Morgan fingerprint density at radius 3 is 1.46 bits per heavy atom. The fourth-order valence-corrected chi connectivity index (χ4v) is 5.63. The Balaban J connectivity index is 1.09. The van der Waals surface area contributed by atoms with Crippen LogP contribution in [-0.2, 0) is 12.8 Å². The van der Waals surface area contributed by atoms with Crippen LogP contribution in [0.5, 0.6) is 0 Å². The van der Waals surface area contributed by atoms with Crippen LogP contribution < -0.4 is 0 Å². The lowest BCUT2D eigenvalue weighted by Gasteiger charge is -2.08. The minimum absolute atomic E-state index is 0.979. The third-order valence-electron chi connectivity index (χ3n) is 7.98. The predicted molar refractivity (Wildman–Crippen MR) is 165 cm³/mol. The van der Waals surface area contributed by atoms with Crippen molar-refractivity contribution in [3.8, 4) is 44.5 Å². The van der Waals surface area contributed by atoms with Crippen LogP contribution in [0.4, 0.5) is 0 Å². The molecule has 0 N–H and O–H groups in total. The van der Waals surface area contributed by atoms with Gasteiger partial charge in [-0.1, -0.05) is 122 Å². The van der Waals surface area contributed by atoms with Crippen LogP contribution >= 0.6 is 0 Å². The topological polar surface area (TPSA) is 13.1 Å². The maximum atomic E-state index is 6.08. The summed E-state index contributed by atoms with van der Waals surface area (Å²) in [5.41, 5.74) is 13.5. The maximum absolute atomic E-state index is 6.08. The molecule has 0 saturated heterocycles. The van der Waals surface area contributed by atoms with Gasteiger partial charge in [-0.2, -0.15) is 0 Å². The van der Waals surface area contributed by atoms with Gasteiger partial charge in [0.15, 0.2) is 0 Å². The van der Waals surface area contributed by atoms with E-state index in [0.29, 0.717) is 0 Å². The van der Waals surface area contributed by atoms with E-state index >= 15 is 0 Å². The van der Waals surface area contributed by atoms with E-state index in [-0.39, 0.29) is 0 Å². The highest BCUT2D eigenvalue weighted by atomic mass is 16.3. The zero-order chi connectivity index (χ0) is 26.2. The molecule has 5 aromatic carbocycles. The average molecular weight is 503 g/mol. The number of aryl methyl sites for hydroxylation is 2. The number of hydrogen-bond donors (Lipinski definition) is 0. The first-order chi connectivity index (χ1) is 19.2. The molecule has 0 atom stereocenters. The van der Waals surface area contributed by atoms with Crippen molar-refractivity contribution in [2.24, 2.45) is 0 Å². The summed E-state index contributed by atoms with van der Waals surface area (Å²) >= 11 is 0. The van der Waals surface area contributed by atoms with Gasteiger partial charge in [0.1, 0.15) is 11.3 Å². The highest BCUT2D eigenvalue weighted by molar-refractivity contribution is 5.92. The van der Waals surface area contributed by atoms with E-state index in [9.17, 15) is 0 Å². The van der Waals surface area contributed by atoms with Gasteiger partial charge in [-0.05, 0) is 75.0 Å². The normalized spacial score (nSPS) is 12.5. The summed E-state index contributed by atoms with van der Waals surface area (Å²) in [7, 11) is 0. The van der Waals surface area contributed by atoms with Crippen LogP contribution in [0.1, 0.15) is 30.2 Å². The van der Waals surface area contributed by atoms with Gasteiger partial charge >= 0.3 is 0 Å². The molecule has 7 rings (SSSR count). The number of fused-ring (bicyclic) bond motifs is 3.